The Hall–Kier alpha value is -1.98. The first-order chi connectivity index (χ1) is 11.5. The highest BCUT2D eigenvalue weighted by Gasteiger charge is 2.05. The van der Waals surface area contributed by atoms with Crippen molar-refractivity contribution in [1.82, 2.24) is 5.43 Å². The lowest BCUT2D eigenvalue weighted by atomic mass is 10.1. The van der Waals surface area contributed by atoms with E-state index in [1.807, 2.05) is 55.5 Å². The fourth-order valence-corrected chi connectivity index (χ4v) is 3.52. The van der Waals surface area contributed by atoms with E-state index in [1.165, 1.54) is 0 Å². The number of hydrogen-bond donors (Lipinski definition) is 1. The molecule has 0 atom stereocenters. The van der Waals surface area contributed by atoms with Crippen LogP contribution in [0, 0.1) is 6.92 Å². The third kappa shape index (κ3) is 3.74. The molecule has 1 amide bonds. The minimum absolute atomic E-state index is 0.234. The van der Waals surface area contributed by atoms with Crippen LogP contribution in [0.15, 0.2) is 68.6 Å². The topological polar surface area (TPSA) is 41.5 Å². The van der Waals surface area contributed by atoms with E-state index >= 15 is 0 Å². The SMILES string of the molecule is Cc1c(Br)cc(/C=N\NC(=O)c2ccc3ccccc3c2)cc1Br. The van der Waals surface area contributed by atoms with Crippen LogP contribution < -0.4 is 5.43 Å². The number of rotatable bonds is 3. The fraction of sp³-hybridized carbons (Fsp3) is 0.0526. The Labute approximate surface area is 157 Å². The standard InChI is InChI=1S/C19H14Br2N2O/c1-12-17(20)8-13(9-18(12)21)11-22-23-19(24)16-7-6-14-4-2-3-5-15(14)10-16/h2-11H,1H3,(H,23,24)/b22-11-. The highest BCUT2D eigenvalue weighted by Crippen LogP contribution is 2.25. The number of hydrazone groups is 1. The maximum Gasteiger partial charge on any atom is 0.271 e. The summed E-state index contributed by atoms with van der Waals surface area (Å²) in [6, 6.07) is 17.4. The summed E-state index contributed by atoms with van der Waals surface area (Å²) in [4.78, 5) is 12.2. The van der Waals surface area contributed by atoms with Crippen LogP contribution in [0.1, 0.15) is 21.5 Å². The van der Waals surface area contributed by atoms with Crippen LogP contribution in [0.2, 0.25) is 0 Å². The molecule has 3 rings (SSSR count). The molecule has 0 bridgehead atoms. The number of nitrogens with one attached hydrogen (secondary N) is 1. The summed E-state index contributed by atoms with van der Waals surface area (Å²) in [6.07, 6.45) is 1.62. The second-order valence-corrected chi connectivity index (χ2v) is 7.08. The van der Waals surface area contributed by atoms with E-state index in [9.17, 15) is 4.79 Å². The van der Waals surface area contributed by atoms with Gasteiger partial charge in [-0.2, -0.15) is 5.10 Å². The van der Waals surface area contributed by atoms with Crippen molar-refractivity contribution in [1.29, 1.82) is 0 Å². The van der Waals surface area contributed by atoms with Crippen LogP contribution in [-0.2, 0) is 0 Å². The van der Waals surface area contributed by atoms with E-state index in [2.05, 4.69) is 42.4 Å². The van der Waals surface area contributed by atoms with E-state index < -0.39 is 0 Å². The van der Waals surface area contributed by atoms with Gasteiger partial charge in [0.2, 0.25) is 0 Å². The molecule has 5 heteroatoms. The van der Waals surface area contributed by atoms with Crippen LogP contribution >= 0.6 is 31.9 Å². The summed E-state index contributed by atoms with van der Waals surface area (Å²) in [5.74, 6) is -0.234. The lowest BCUT2D eigenvalue weighted by Crippen LogP contribution is -2.17. The summed E-state index contributed by atoms with van der Waals surface area (Å²) in [5.41, 5.74) is 5.15. The van der Waals surface area contributed by atoms with Gasteiger partial charge < -0.3 is 0 Å². The molecule has 0 unspecified atom stereocenters. The third-order valence-corrected chi connectivity index (χ3v) is 5.34. The average Bonchev–Trinajstić information content (AvgIpc) is 2.59. The van der Waals surface area contributed by atoms with E-state index in [0.29, 0.717) is 5.56 Å². The van der Waals surface area contributed by atoms with Gasteiger partial charge in [-0.15, -0.1) is 0 Å². The van der Waals surface area contributed by atoms with Crippen LogP contribution in [0.5, 0.6) is 0 Å². The van der Waals surface area contributed by atoms with Crippen molar-refractivity contribution in [2.75, 3.05) is 0 Å². The van der Waals surface area contributed by atoms with Gasteiger partial charge in [-0.3, -0.25) is 4.79 Å². The molecule has 0 saturated heterocycles. The maximum absolute atomic E-state index is 12.2. The quantitative estimate of drug-likeness (QED) is 0.423. The minimum atomic E-state index is -0.234. The van der Waals surface area contributed by atoms with Gasteiger partial charge in [-0.25, -0.2) is 5.43 Å². The van der Waals surface area contributed by atoms with E-state index in [1.54, 1.807) is 12.3 Å². The number of benzene rings is 3. The molecule has 0 spiro atoms. The molecule has 3 nitrogen and oxygen atoms in total. The number of hydrogen-bond acceptors (Lipinski definition) is 2. The zero-order valence-corrected chi connectivity index (χ0v) is 16.1. The van der Waals surface area contributed by atoms with Crippen molar-refractivity contribution in [2.24, 2.45) is 5.10 Å². The van der Waals surface area contributed by atoms with Gasteiger partial charge in [-0.05, 0) is 53.1 Å². The third-order valence-electron chi connectivity index (χ3n) is 3.69. The van der Waals surface area contributed by atoms with E-state index in [0.717, 1.165) is 30.8 Å². The zero-order chi connectivity index (χ0) is 17.1. The van der Waals surface area contributed by atoms with Crippen molar-refractivity contribution in [2.45, 2.75) is 6.92 Å². The molecule has 0 radical (unpaired) electrons. The number of fused-ring (bicyclic) bond motifs is 1. The van der Waals surface area contributed by atoms with Gasteiger partial charge in [0.1, 0.15) is 0 Å². The molecule has 0 heterocycles. The highest BCUT2D eigenvalue weighted by atomic mass is 79.9. The Kier molecular flexibility index (Phi) is 5.11. The summed E-state index contributed by atoms with van der Waals surface area (Å²) in [6.45, 7) is 2.01. The van der Waals surface area contributed by atoms with Crippen molar-refractivity contribution in [3.63, 3.8) is 0 Å². The predicted molar refractivity (Wildman–Crippen MR) is 106 cm³/mol. The Balaban J connectivity index is 1.74. The molecule has 3 aromatic rings. The molecule has 0 aliphatic rings. The van der Waals surface area contributed by atoms with E-state index in [4.69, 9.17) is 0 Å². The zero-order valence-electron chi connectivity index (χ0n) is 12.9. The molecule has 120 valence electrons. The summed E-state index contributed by atoms with van der Waals surface area (Å²) in [5, 5.41) is 6.18. The van der Waals surface area contributed by atoms with Crippen LogP contribution in [0.3, 0.4) is 0 Å². The molecule has 0 fully saturated rings. The molecular weight excluding hydrogens is 432 g/mol. The molecule has 0 aromatic heterocycles. The second-order valence-electron chi connectivity index (χ2n) is 5.37. The second kappa shape index (κ2) is 7.28. The van der Waals surface area contributed by atoms with E-state index in [-0.39, 0.29) is 5.91 Å². The molecular formula is C19H14Br2N2O. The number of nitrogens with zero attached hydrogens (tertiary/aromatic N) is 1. The van der Waals surface area contributed by atoms with Gasteiger partial charge in [0.15, 0.2) is 0 Å². The lowest BCUT2D eigenvalue weighted by Gasteiger charge is -2.04. The van der Waals surface area contributed by atoms with Gasteiger partial charge in [0, 0.05) is 14.5 Å². The molecule has 0 saturated carbocycles. The first kappa shape index (κ1) is 16.9. The molecule has 0 aliphatic carbocycles. The van der Waals surface area contributed by atoms with Crippen molar-refractivity contribution in [3.8, 4) is 0 Å². The lowest BCUT2D eigenvalue weighted by molar-refractivity contribution is 0.0955. The van der Waals surface area contributed by atoms with Crippen LogP contribution in [0.4, 0.5) is 0 Å². The summed E-state index contributed by atoms with van der Waals surface area (Å²) < 4.78 is 1.97. The van der Waals surface area contributed by atoms with Gasteiger partial charge in [0.05, 0.1) is 6.21 Å². The van der Waals surface area contributed by atoms with Gasteiger partial charge in [0.25, 0.3) is 5.91 Å². The molecule has 1 N–H and O–H groups in total. The highest BCUT2D eigenvalue weighted by molar-refractivity contribution is 9.11. The number of carbonyl (C=O) groups excluding carboxylic acids is 1. The average molecular weight is 446 g/mol. The van der Waals surface area contributed by atoms with Gasteiger partial charge in [-0.1, -0.05) is 62.2 Å². The monoisotopic (exact) mass is 444 g/mol. The van der Waals surface area contributed by atoms with Crippen LogP contribution in [0.25, 0.3) is 10.8 Å². The Morgan fingerprint density at radius 3 is 2.38 bits per heavy atom. The smallest absolute Gasteiger partial charge is 0.267 e. The summed E-state index contributed by atoms with van der Waals surface area (Å²) in [7, 11) is 0. The number of carbonyl (C=O) groups is 1. The summed E-state index contributed by atoms with van der Waals surface area (Å²) >= 11 is 7.00. The van der Waals surface area contributed by atoms with Crippen LogP contribution in [-0.4, -0.2) is 12.1 Å². The number of halogens is 2. The molecule has 24 heavy (non-hydrogen) atoms. The van der Waals surface area contributed by atoms with Crippen molar-refractivity contribution < 1.29 is 4.79 Å². The Bertz CT molecular complexity index is 928. The largest absolute Gasteiger partial charge is 0.271 e. The first-order valence-electron chi connectivity index (χ1n) is 7.32. The molecule has 3 aromatic carbocycles. The van der Waals surface area contributed by atoms with Crippen molar-refractivity contribution >= 4 is 54.8 Å². The predicted octanol–water partition coefficient (Wildman–Crippen LogP) is 5.44. The molecule has 0 aliphatic heterocycles. The Morgan fingerprint density at radius 2 is 1.67 bits per heavy atom. The normalized spacial score (nSPS) is 11.1. The fourth-order valence-electron chi connectivity index (χ4n) is 2.30. The Morgan fingerprint density at radius 1 is 1.00 bits per heavy atom. The minimum Gasteiger partial charge on any atom is -0.267 e. The first-order valence-corrected chi connectivity index (χ1v) is 8.91. The van der Waals surface area contributed by atoms with Crippen molar-refractivity contribution in [3.05, 3.63) is 80.2 Å². The van der Waals surface area contributed by atoms with Gasteiger partial charge >= 0.3 is 0 Å². The maximum atomic E-state index is 12.2. The number of amides is 1.